The Bertz CT molecular complexity index is 210. The van der Waals surface area contributed by atoms with Crippen molar-refractivity contribution in [2.24, 2.45) is 17.1 Å². The molecule has 0 aromatic rings. The first-order valence-corrected chi connectivity index (χ1v) is 3.96. The van der Waals surface area contributed by atoms with Crippen LogP contribution in [0.4, 0.5) is 0 Å². The number of hydrogen-bond donors (Lipinski definition) is 3. The van der Waals surface area contributed by atoms with Crippen LogP contribution in [0.25, 0.3) is 0 Å². The molecule has 76 valence electrons. The maximum atomic E-state index is 10.9. The van der Waals surface area contributed by atoms with Crippen molar-refractivity contribution in [3.05, 3.63) is 0 Å². The van der Waals surface area contributed by atoms with E-state index in [0.29, 0.717) is 0 Å². The number of amides is 1. The largest absolute Gasteiger partial charge is 0.480 e. The molecule has 5 nitrogen and oxygen atoms in total. The molecule has 0 aliphatic heterocycles. The zero-order valence-electron chi connectivity index (χ0n) is 7.94. The molecular formula is C8H15NO4. The smallest absolute Gasteiger partial charge is 0.319 e. The Hall–Kier alpha value is -1.10. The van der Waals surface area contributed by atoms with Crippen LogP contribution in [0.15, 0.2) is 0 Å². The van der Waals surface area contributed by atoms with Crippen molar-refractivity contribution in [3.8, 4) is 0 Å². The van der Waals surface area contributed by atoms with Crippen LogP contribution in [-0.2, 0) is 9.59 Å². The maximum absolute atomic E-state index is 10.9. The Balaban J connectivity index is 5.02. The molecule has 0 fully saturated rings. The zero-order valence-corrected chi connectivity index (χ0v) is 7.94. The number of aliphatic hydroxyl groups is 1. The van der Waals surface area contributed by atoms with Gasteiger partial charge in [-0.1, -0.05) is 6.92 Å². The average molecular weight is 189 g/mol. The van der Waals surface area contributed by atoms with E-state index in [9.17, 15) is 14.7 Å². The number of carbonyl (C=O) groups excluding carboxylic acids is 1. The van der Waals surface area contributed by atoms with Crippen LogP contribution in [0, 0.1) is 11.3 Å². The van der Waals surface area contributed by atoms with Gasteiger partial charge in [0.25, 0.3) is 0 Å². The molecule has 0 saturated carbocycles. The summed E-state index contributed by atoms with van der Waals surface area (Å²) in [5.41, 5.74) is 3.27. The third kappa shape index (κ3) is 1.98. The first kappa shape index (κ1) is 11.9. The van der Waals surface area contributed by atoms with Crippen molar-refractivity contribution < 1.29 is 19.8 Å². The molecule has 0 aromatic carbocycles. The predicted molar refractivity (Wildman–Crippen MR) is 45.8 cm³/mol. The van der Waals surface area contributed by atoms with Crippen LogP contribution in [0.1, 0.15) is 20.8 Å². The Morgan fingerprint density at radius 1 is 1.38 bits per heavy atom. The van der Waals surface area contributed by atoms with E-state index in [1.165, 1.54) is 20.8 Å². The number of aliphatic hydroxyl groups excluding tert-OH is 1. The van der Waals surface area contributed by atoms with Crippen LogP contribution in [0.5, 0.6) is 0 Å². The van der Waals surface area contributed by atoms with Gasteiger partial charge in [-0.3, -0.25) is 9.59 Å². The van der Waals surface area contributed by atoms with Crippen molar-refractivity contribution in [1.82, 2.24) is 0 Å². The summed E-state index contributed by atoms with van der Waals surface area (Å²) in [7, 11) is 0. The average Bonchev–Trinajstić information content (AvgIpc) is 2.00. The molecule has 5 heteroatoms. The van der Waals surface area contributed by atoms with Gasteiger partial charge in [-0.2, -0.15) is 0 Å². The van der Waals surface area contributed by atoms with E-state index in [0.717, 1.165) is 0 Å². The van der Waals surface area contributed by atoms with E-state index in [1.807, 2.05) is 0 Å². The van der Waals surface area contributed by atoms with Crippen molar-refractivity contribution in [2.45, 2.75) is 26.9 Å². The lowest BCUT2D eigenvalue weighted by atomic mass is 9.75. The molecule has 13 heavy (non-hydrogen) atoms. The second-order valence-corrected chi connectivity index (χ2v) is 3.40. The Morgan fingerprint density at radius 3 is 1.85 bits per heavy atom. The van der Waals surface area contributed by atoms with Crippen LogP contribution < -0.4 is 5.73 Å². The van der Waals surface area contributed by atoms with Gasteiger partial charge in [0.2, 0.25) is 5.91 Å². The van der Waals surface area contributed by atoms with Gasteiger partial charge in [-0.15, -0.1) is 0 Å². The number of aliphatic carboxylic acids is 1. The van der Waals surface area contributed by atoms with E-state index in [2.05, 4.69) is 0 Å². The van der Waals surface area contributed by atoms with Gasteiger partial charge in [0.15, 0.2) is 0 Å². The molecule has 0 spiro atoms. The predicted octanol–water partition coefficient (Wildman–Crippen LogP) is -0.421. The van der Waals surface area contributed by atoms with Gasteiger partial charge < -0.3 is 15.9 Å². The summed E-state index contributed by atoms with van der Waals surface area (Å²) in [6.07, 6.45) is -0.895. The Labute approximate surface area is 76.5 Å². The first-order chi connectivity index (χ1) is 5.74. The molecule has 3 atom stereocenters. The molecule has 0 aliphatic carbocycles. The van der Waals surface area contributed by atoms with E-state index in [-0.39, 0.29) is 0 Å². The van der Waals surface area contributed by atoms with Crippen LogP contribution >= 0.6 is 0 Å². The van der Waals surface area contributed by atoms with E-state index in [4.69, 9.17) is 10.8 Å². The van der Waals surface area contributed by atoms with Gasteiger partial charge in [-0.25, -0.2) is 0 Å². The first-order valence-electron chi connectivity index (χ1n) is 3.96. The normalized spacial score (nSPS) is 20.0. The second kappa shape index (κ2) is 3.74. The number of carboxylic acid groups (broad SMARTS) is 1. The summed E-state index contributed by atoms with van der Waals surface area (Å²) in [5.74, 6) is -2.97. The highest BCUT2D eigenvalue weighted by atomic mass is 16.4. The minimum absolute atomic E-state index is 0.720. The van der Waals surface area contributed by atoms with Crippen LogP contribution in [0.2, 0.25) is 0 Å². The molecule has 0 bridgehead atoms. The highest BCUT2D eigenvalue weighted by molar-refractivity contribution is 6.01. The Morgan fingerprint density at radius 2 is 1.77 bits per heavy atom. The quantitative estimate of drug-likeness (QED) is 0.523. The fraction of sp³-hybridized carbons (Fsp3) is 0.750. The van der Waals surface area contributed by atoms with Crippen molar-refractivity contribution in [1.29, 1.82) is 0 Å². The minimum Gasteiger partial charge on any atom is -0.480 e. The molecule has 0 saturated heterocycles. The molecule has 4 N–H and O–H groups in total. The summed E-state index contributed by atoms with van der Waals surface area (Å²) in [5, 5.41) is 18.0. The number of hydrogen-bond acceptors (Lipinski definition) is 3. The lowest BCUT2D eigenvalue weighted by Crippen LogP contribution is -2.49. The second-order valence-electron chi connectivity index (χ2n) is 3.40. The van der Waals surface area contributed by atoms with Crippen LogP contribution in [0.3, 0.4) is 0 Å². The monoisotopic (exact) mass is 189 g/mol. The SMILES string of the molecule is CC(O)C(C)C(C)(C(N)=O)C(=O)O. The van der Waals surface area contributed by atoms with Crippen molar-refractivity contribution in [2.75, 3.05) is 0 Å². The van der Waals surface area contributed by atoms with Gasteiger partial charge in [0, 0.05) is 5.92 Å². The molecular weight excluding hydrogens is 174 g/mol. The molecule has 0 rings (SSSR count). The van der Waals surface area contributed by atoms with Crippen molar-refractivity contribution >= 4 is 11.9 Å². The summed E-state index contributed by atoms with van der Waals surface area (Å²) in [4.78, 5) is 21.7. The molecule has 0 aromatic heterocycles. The van der Waals surface area contributed by atoms with Gasteiger partial charge in [0.05, 0.1) is 6.10 Å². The van der Waals surface area contributed by atoms with Crippen molar-refractivity contribution in [3.63, 3.8) is 0 Å². The number of carboxylic acids is 1. The van der Waals surface area contributed by atoms with Gasteiger partial charge >= 0.3 is 5.97 Å². The van der Waals surface area contributed by atoms with E-state index >= 15 is 0 Å². The number of rotatable bonds is 4. The summed E-state index contributed by atoms with van der Waals surface area (Å²) >= 11 is 0. The number of carbonyl (C=O) groups is 2. The summed E-state index contributed by atoms with van der Waals surface area (Å²) in [6, 6.07) is 0. The molecule has 0 heterocycles. The summed E-state index contributed by atoms with van der Waals surface area (Å²) < 4.78 is 0. The van der Waals surface area contributed by atoms with E-state index < -0.39 is 29.3 Å². The molecule has 1 amide bonds. The van der Waals surface area contributed by atoms with Crippen LogP contribution in [-0.4, -0.2) is 28.2 Å². The standard InChI is InChI=1S/C8H15NO4/c1-4(5(2)10)8(3,6(9)11)7(12)13/h4-5,10H,1-3H3,(H2,9,11)(H,12,13). The highest BCUT2D eigenvalue weighted by Gasteiger charge is 2.46. The maximum Gasteiger partial charge on any atom is 0.319 e. The fourth-order valence-electron chi connectivity index (χ4n) is 1.01. The number of primary amides is 1. The van der Waals surface area contributed by atoms with Gasteiger partial charge in [-0.05, 0) is 13.8 Å². The van der Waals surface area contributed by atoms with E-state index in [1.54, 1.807) is 0 Å². The molecule has 0 aliphatic rings. The minimum atomic E-state index is -1.71. The zero-order chi connectivity index (χ0) is 10.8. The fourth-order valence-corrected chi connectivity index (χ4v) is 1.01. The summed E-state index contributed by atoms with van der Waals surface area (Å²) in [6.45, 7) is 4.12. The lowest BCUT2D eigenvalue weighted by molar-refractivity contribution is -0.159. The third-order valence-corrected chi connectivity index (χ3v) is 2.59. The van der Waals surface area contributed by atoms with Gasteiger partial charge in [0.1, 0.15) is 5.41 Å². The lowest BCUT2D eigenvalue weighted by Gasteiger charge is -2.29. The Kier molecular flexibility index (Phi) is 3.42. The number of nitrogens with two attached hydrogens (primary N) is 1. The molecule has 0 radical (unpaired) electrons. The highest BCUT2D eigenvalue weighted by Crippen LogP contribution is 2.29. The third-order valence-electron chi connectivity index (χ3n) is 2.59. The molecule has 3 unspecified atom stereocenters. The topological polar surface area (TPSA) is 101 Å².